The Labute approximate surface area is 164 Å². The summed E-state index contributed by atoms with van der Waals surface area (Å²) < 4.78 is 0. The molecule has 148 valence electrons. The van der Waals surface area contributed by atoms with Crippen LogP contribution in [0.3, 0.4) is 0 Å². The van der Waals surface area contributed by atoms with Crippen LogP contribution in [-0.4, -0.2) is 35.3 Å². The highest BCUT2D eigenvalue weighted by molar-refractivity contribution is 5.44. The molecule has 0 saturated heterocycles. The SMILES string of the molecule is Nc1ccc(NCCNC2=CC=CC(N)(CCNc3ccc(N)cn3)N2)nc1. The lowest BCUT2D eigenvalue weighted by molar-refractivity contribution is 0.414. The van der Waals surface area contributed by atoms with Gasteiger partial charge in [0.15, 0.2) is 0 Å². The molecule has 0 bridgehead atoms. The van der Waals surface area contributed by atoms with E-state index in [1.54, 1.807) is 12.4 Å². The Hall–Kier alpha value is -3.46. The maximum atomic E-state index is 6.45. The summed E-state index contributed by atoms with van der Waals surface area (Å²) in [5.41, 5.74) is 18.4. The van der Waals surface area contributed by atoms with Crippen molar-refractivity contribution in [2.24, 2.45) is 5.73 Å². The minimum atomic E-state index is -0.635. The third-order valence-electron chi connectivity index (χ3n) is 4.19. The molecule has 10 N–H and O–H groups in total. The molecule has 1 aliphatic rings. The van der Waals surface area contributed by atoms with Crippen LogP contribution < -0.4 is 38.5 Å². The Balaban J connectivity index is 1.38. The maximum Gasteiger partial charge on any atom is 0.126 e. The molecule has 0 fully saturated rings. The summed E-state index contributed by atoms with van der Waals surface area (Å²) in [6.07, 6.45) is 9.80. The Morgan fingerprint density at radius 2 is 1.46 bits per heavy atom. The van der Waals surface area contributed by atoms with Gasteiger partial charge in [-0.05, 0) is 36.4 Å². The average molecular weight is 381 g/mol. The van der Waals surface area contributed by atoms with Crippen molar-refractivity contribution in [1.82, 2.24) is 20.6 Å². The normalized spacial score (nSPS) is 18.1. The van der Waals surface area contributed by atoms with Crippen LogP contribution in [0.15, 0.2) is 60.7 Å². The molecular formula is C19H27N9. The van der Waals surface area contributed by atoms with E-state index in [2.05, 4.69) is 31.2 Å². The van der Waals surface area contributed by atoms with Crippen molar-refractivity contribution >= 4 is 23.0 Å². The summed E-state index contributed by atoms with van der Waals surface area (Å²) in [5.74, 6) is 2.44. The quantitative estimate of drug-likeness (QED) is 0.313. The van der Waals surface area contributed by atoms with Gasteiger partial charge in [-0.1, -0.05) is 6.08 Å². The number of rotatable bonds is 9. The van der Waals surface area contributed by atoms with Crippen molar-refractivity contribution < 1.29 is 0 Å². The monoisotopic (exact) mass is 381 g/mol. The fourth-order valence-corrected chi connectivity index (χ4v) is 2.70. The fraction of sp³-hybridized carbons (Fsp3) is 0.263. The van der Waals surface area contributed by atoms with Crippen LogP contribution in [0.4, 0.5) is 23.0 Å². The zero-order chi connectivity index (χ0) is 19.8. The average Bonchev–Trinajstić information content (AvgIpc) is 2.68. The van der Waals surface area contributed by atoms with Gasteiger partial charge in [0.25, 0.3) is 0 Å². The molecule has 9 heteroatoms. The van der Waals surface area contributed by atoms with Crippen molar-refractivity contribution in [2.75, 3.05) is 41.7 Å². The Morgan fingerprint density at radius 1 is 0.857 bits per heavy atom. The van der Waals surface area contributed by atoms with Gasteiger partial charge in [-0.2, -0.15) is 0 Å². The molecule has 3 rings (SSSR count). The highest BCUT2D eigenvalue weighted by atomic mass is 15.2. The predicted molar refractivity (Wildman–Crippen MR) is 114 cm³/mol. The molecule has 1 atom stereocenters. The zero-order valence-electron chi connectivity index (χ0n) is 15.7. The van der Waals surface area contributed by atoms with Gasteiger partial charge in [0.1, 0.15) is 23.1 Å². The van der Waals surface area contributed by atoms with Crippen molar-refractivity contribution in [3.05, 3.63) is 60.7 Å². The van der Waals surface area contributed by atoms with Crippen LogP contribution in [0, 0.1) is 0 Å². The molecule has 1 unspecified atom stereocenters. The second-order valence-electron chi connectivity index (χ2n) is 6.59. The summed E-state index contributed by atoms with van der Waals surface area (Å²) in [6.45, 7) is 2.09. The number of nitrogens with zero attached hydrogens (tertiary/aromatic N) is 2. The molecule has 0 radical (unpaired) electrons. The smallest absolute Gasteiger partial charge is 0.126 e. The molecule has 3 heterocycles. The number of hydrogen-bond donors (Lipinski definition) is 7. The predicted octanol–water partition coefficient (Wildman–Crippen LogP) is 0.801. The van der Waals surface area contributed by atoms with Crippen molar-refractivity contribution in [1.29, 1.82) is 0 Å². The van der Waals surface area contributed by atoms with E-state index in [-0.39, 0.29) is 0 Å². The second-order valence-corrected chi connectivity index (χ2v) is 6.59. The van der Waals surface area contributed by atoms with Gasteiger partial charge in [-0.25, -0.2) is 9.97 Å². The van der Waals surface area contributed by atoms with Crippen LogP contribution in [0.25, 0.3) is 0 Å². The Morgan fingerprint density at radius 3 is 2.07 bits per heavy atom. The van der Waals surface area contributed by atoms with Gasteiger partial charge >= 0.3 is 0 Å². The number of dihydropyridines is 1. The number of nitrogens with two attached hydrogens (primary N) is 3. The Kier molecular flexibility index (Phi) is 6.18. The highest BCUT2D eigenvalue weighted by Crippen LogP contribution is 2.13. The van der Waals surface area contributed by atoms with Gasteiger partial charge in [0, 0.05) is 26.1 Å². The molecule has 0 aromatic carbocycles. The molecule has 1 aliphatic heterocycles. The van der Waals surface area contributed by atoms with E-state index < -0.39 is 5.66 Å². The van der Waals surface area contributed by atoms with E-state index >= 15 is 0 Å². The minimum Gasteiger partial charge on any atom is -0.397 e. The highest BCUT2D eigenvalue weighted by Gasteiger charge is 2.23. The summed E-state index contributed by atoms with van der Waals surface area (Å²) >= 11 is 0. The first kappa shape index (κ1) is 19.3. The van der Waals surface area contributed by atoms with Crippen LogP contribution >= 0.6 is 0 Å². The summed E-state index contributed by atoms with van der Waals surface area (Å²) in [6, 6.07) is 7.32. The van der Waals surface area contributed by atoms with Crippen molar-refractivity contribution in [2.45, 2.75) is 12.1 Å². The molecule has 0 amide bonds. The van der Waals surface area contributed by atoms with E-state index in [0.29, 0.717) is 37.4 Å². The van der Waals surface area contributed by atoms with Crippen molar-refractivity contribution in [3.8, 4) is 0 Å². The standard InChI is InChI=1S/C19H27N9/c20-14-3-5-16(26-12-14)23-9-8-19(22)7-1-2-18(28-19)25-11-10-24-17-6-4-15(21)13-27-17/h1-7,12-13,25,28H,8-11,20-22H2,(H,23,26)(H,24,27). The van der Waals surface area contributed by atoms with Crippen LogP contribution in [0.2, 0.25) is 0 Å². The number of pyridine rings is 2. The molecule has 28 heavy (non-hydrogen) atoms. The Bertz CT molecular complexity index is 814. The third-order valence-corrected chi connectivity index (χ3v) is 4.19. The number of anilines is 4. The lowest BCUT2D eigenvalue weighted by atomic mass is 10.0. The number of nitrogen functional groups attached to an aromatic ring is 2. The molecular weight excluding hydrogens is 354 g/mol. The number of nitrogens with one attached hydrogen (secondary N) is 4. The molecule has 0 saturated carbocycles. The second kappa shape index (κ2) is 8.96. The van der Waals surface area contributed by atoms with Crippen molar-refractivity contribution in [3.63, 3.8) is 0 Å². The van der Waals surface area contributed by atoms with E-state index in [1.807, 2.05) is 42.5 Å². The van der Waals surface area contributed by atoms with E-state index in [0.717, 1.165) is 17.5 Å². The largest absolute Gasteiger partial charge is 0.397 e. The van der Waals surface area contributed by atoms with Crippen LogP contribution in [0.5, 0.6) is 0 Å². The van der Waals surface area contributed by atoms with Gasteiger partial charge in [-0.15, -0.1) is 0 Å². The topological polar surface area (TPSA) is 152 Å². The summed E-state index contributed by atoms with van der Waals surface area (Å²) in [4.78, 5) is 8.43. The first-order chi connectivity index (χ1) is 13.5. The van der Waals surface area contributed by atoms with Crippen LogP contribution in [-0.2, 0) is 0 Å². The van der Waals surface area contributed by atoms with E-state index in [4.69, 9.17) is 17.2 Å². The van der Waals surface area contributed by atoms with Crippen LogP contribution in [0.1, 0.15) is 6.42 Å². The fourth-order valence-electron chi connectivity index (χ4n) is 2.70. The lowest BCUT2D eigenvalue weighted by Crippen LogP contribution is -2.55. The summed E-state index contributed by atoms with van der Waals surface area (Å²) in [7, 11) is 0. The number of aromatic nitrogens is 2. The van der Waals surface area contributed by atoms with Gasteiger partial charge in [0.2, 0.25) is 0 Å². The molecule has 0 spiro atoms. The molecule has 2 aromatic heterocycles. The maximum absolute atomic E-state index is 6.45. The third kappa shape index (κ3) is 5.78. The zero-order valence-corrected chi connectivity index (χ0v) is 15.7. The van der Waals surface area contributed by atoms with Gasteiger partial charge < -0.3 is 38.5 Å². The summed E-state index contributed by atoms with van der Waals surface area (Å²) in [5, 5.41) is 13.1. The van der Waals surface area contributed by atoms with Gasteiger partial charge in [0.05, 0.1) is 23.8 Å². The molecule has 9 nitrogen and oxygen atoms in total. The molecule has 0 aliphatic carbocycles. The van der Waals surface area contributed by atoms with E-state index in [9.17, 15) is 0 Å². The first-order valence-corrected chi connectivity index (χ1v) is 9.14. The van der Waals surface area contributed by atoms with Gasteiger partial charge in [-0.3, -0.25) is 0 Å². The number of hydrogen-bond acceptors (Lipinski definition) is 9. The number of allylic oxidation sites excluding steroid dienone is 2. The lowest BCUT2D eigenvalue weighted by Gasteiger charge is -2.32. The van der Waals surface area contributed by atoms with E-state index in [1.165, 1.54) is 0 Å². The molecule has 2 aromatic rings. The minimum absolute atomic E-state index is 0.635. The first-order valence-electron chi connectivity index (χ1n) is 9.14.